The average molecular weight is 475 g/mol. The molecule has 0 aliphatic rings. The van der Waals surface area contributed by atoms with Gasteiger partial charge in [-0.15, -0.1) is 24.0 Å². The molecule has 0 spiro atoms. The smallest absolute Gasteiger partial charge is 0.382 e. The van der Waals surface area contributed by atoms with Crippen LogP contribution in [0.3, 0.4) is 0 Å². The third-order valence-corrected chi connectivity index (χ3v) is 2.99. The van der Waals surface area contributed by atoms with E-state index >= 15 is 0 Å². The normalized spacial score (nSPS) is 11.8. The maximum atomic E-state index is 12.4. The van der Waals surface area contributed by atoms with Gasteiger partial charge in [-0.25, -0.2) is 4.98 Å². The molecule has 144 valence electrons. The van der Waals surface area contributed by atoms with Crippen molar-refractivity contribution in [2.75, 3.05) is 38.2 Å². The third kappa shape index (κ3) is 11.0. The summed E-state index contributed by atoms with van der Waals surface area (Å²) < 4.78 is 42.4. The van der Waals surface area contributed by atoms with Gasteiger partial charge in [-0.1, -0.05) is 0 Å². The molecule has 1 rings (SSSR count). The van der Waals surface area contributed by atoms with Crippen LogP contribution in [0.25, 0.3) is 0 Å². The first kappa shape index (κ1) is 23.7. The van der Waals surface area contributed by atoms with Crippen LogP contribution in [0.2, 0.25) is 0 Å². The van der Waals surface area contributed by atoms with Gasteiger partial charge in [0, 0.05) is 39.0 Å². The predicted molar refractivity (Wildman–Crippen MR) is 103 cm³/mol. The van der Waals surface area contributed by atoms with Crippen LogP contribution in [0.1, 0.15) is 25.3 Å². The van der Waals surface area contributed by atoms with Gasteiger partial charge >= 0.3 is 6.18 Å². The average Bonchev–Trinajstić information content (AvgIpc) is 2.54. The minimum Gasteiger partial charge on any atom is -0.382 e. The van der Waals surface area contributed by atoms with Gasteiger partial charge in [-0.2, -0.15) is 13.2 Å². The molecule has 6 nitrogen and oxygen atoms in total. The van der Waals surface area contributed by atoms with Crippen LogP contribution in [-0.4, -0.2) is 43.8 Å². The molecule has 0 aromatic carbocycles. The number of ether oxygens (including phenoxy) is 1. The number of nitrogens with two attached hydrogens (primary N) is 1. The van der Waals surface area contributed by atoms with Crippen molar-refractivity contribution >= 4 is 35.8 Å². The number of guanidine groups is 1. The zero-order valence-corrected chi connectivity index (χ0v) is 16.4. The lowest BCUT2D eigenvalue weighted by Gasteiger charge is -2.08. The second kappa shape index (κ2) is 13.0. The summed E-state index contributed by atoms with van der Waals surface area (Å²) in [5.74, 6) is 0.771. The number of rotatable bonds is 10. The highest BCUT2D eigenvalue weighted by Gasteiger charge is 2.30. The Kier molecular flexibility index (Phi) is 12.3. The molecule has 1 heterocycles. The van der Waals surface area contributed by atoms with E-state index in [9.17, 15) is 13.2 Å². The number of alkyl halides is 3. The lowest BCUT2D eigenvalue weighted by Crippen LogP contribution is -2.33. The van der Waals surface area contributed by atoms with Crippen LogP contribution in [0.5, 0.6) is 0 Å². The number of aliphatic imine (C=N–C) groups is 1. The quantitative estimate of drug-likeness (QED) is 0.210. The Morgan fingerprint density at radius 1 is 1.28 bits per heavy atom. The monoisotopic (exact) mass is 475 g/mol. The Hall–Kier alpha value is -1.30. The minimum atomic E-state index is -4.37. The van der Waals surface area contributed by atoms with Crippen molar-refractivity contribution in [3.05, 3.63) is 23.9 Å². The third-order valence-electron chi connectivity index (χ3n) is 2.99. The van der Waals surface area contributed by atoms with Crippen LogP contribution in [0.15, 0.2) is 23.3 Å². The molecule has 0 saturated heterocycles. The van der Waals surface area contributed by atoms with E-state index in [1.54, 1.807) is 0 Å². The van der Waals surface area contributed by atoms with E-state index in [0.29, 0.717) is 51.0 Å². The molecular weight excluding hydrogens is 450 g/mol. The van der Waals surface area contributed by atoms with Crippen LogP contribution in [-0.2, 0) is 10.9 Å². The molecule has 0 fully saturated rings. The highest BCUT2D eigenvalue weighted by atomic mass is 127. The zero-order valence-electron chi connectivity index (χ0n) is 14.1. The first-order valence-corrected chi connectivity index (χ1v) is 7.82. The molecule has 0 saturated carbocycles. The Bertz CT molecular complexity index is 497. The number of hydrogen-bond acceptors (Lipinski definition) is 4. The largest absolute Gasteiger partial charge is 0.417 e. The molecule has 1 aromatic heterocycles. The van der Waals surface area contributed by atoms with E-state index in [1.165, 1.54) is 6.07 Å². The van der Waals surface area contributed by atoms with Crippen molar-refractivity contribution in [2.24, 2.45) is 10.7 Å². The maximum Gasteiger partial charge on any atom is 0.417 e. The fourth-order valence-electron chi connectivity index (χ4n) is 1.75. The first-order valence-electron chi connectivity index (χ1n) is 7.82. The second-order valence-corrected chi connectivity index (χ2v) is 4.95. The number of halogens is 4. The summed E-state index contributed by atoms with van der Waals surface area (Å²) in [5.41, 5.74) is 4.93. The van der Waals surface area contributed by atoms with Crippen molar-refractivity contribution in [2.45, 2.75) is 25.9 Å². The highest BCUT2D eigenvalue weighted by Crippen LogP contribution is 2.28. The Morgan fingerprint density at radius 2 is 2.04 bits per heavy atom. The maximum absolute atomic E-state index is 12.4. The van der Waals surface area contributed by atoms with Gasteiger partial charge in [-0.3, -0.25) is 4.99 Å². The number of pyridine rings is 1. The van der Waals surface area contributed by atoms with Gasteiger partial charge in [0.25, 0.3) is 0 Å². The van der Waals surface area contributed by atoms with Crippen LogP contribution >= 0.6 is 24.0 Å². The van der Waals surface area contributed by atoms with Gasteiger partial charge in [0.2, 0.25) is 0 Å². The lowest BCUT2D eigenvalue weighted by molar-refractivity contribution is -0.137. The van der Waals surface area contributed by atoms with Gasteiger partial charge in [0.15, 0.2) is 5.96 Å². The van der Waals surface area contributed by atoms with Crippen LogP contribution in [0.4, 0.5) is 19.0 Å². The molecule has 25 heavy (non-hydrogen) atoms. The van der Waals surface area contributed by atoms with Crippen molar-refractivity contribution < 1.29 is 17.9 Å². The first-order chi connectivity index (χ1) is 11.4. The standard InChI is InChI=1S/C15H24F3N5O.HI/c1-2-24-10-4-9-22-14(19)21-8-3-7-20-13-6-5-12(11-23-13)15(16,17)18;/h5-6,11H,2-4,7-10H2,1H3,(H,20,23)(H3,19,21,22);1H. The van der Waals surface area contributed by atoms with E-state index in [0.717, 1.165) is 18.7 Å². The van der Waals surface area contributed by atoms with Gasteiger partial charge in [0.1, 0.15) is 5.82 Å². The summed E-state index contributed by atoms with van der Waals surface area (Å²) >= 11 is 0. The molecule has 0 unspecified atom stereocenters. The summed E-state index contributed by atoms with van der Waals surface area (Å²) in [5, 5.41) is 5.92. The van der Waals surface area contributed by atoms with Gasteiger partial charge in [0.05, 0.1) is 5.56 Å². The molecule has 0 bridgehead atoms. The number of nitrogens with one attached hydrogen (secondary N) is 2. The van der Waals surface area contributed by atoms with Crippen LogP contribution in [0, 0.1) is 0 Å². The summed E-state index contributed by atoms with van der Waals surface area (Å²) in [4.78, 5) is 7.88. The molecule has 10 heteroatoms. The van der Waals surface area contributed by atoms with E-state index < -0.39 is 11.7 Å². The van der Waals surface area contributed by atoms with E-state index in [1.807, 2.05) is 6.92 Å². The molecular formula is C15H25F3IN5O. The number of anilines is 1. The van der Waals surface area contributed by atoms with Crippen LogP contribution < -0.4 is 16.4 Å². The lowest BCUT2D eigenvalue weighted by atomic mass is 10.3. The Balaban J connectivity index is 0.00000576. The molecule has 0 aliphatic carbocycles. The zero-order chi connectivity index (χ0) is 17.8. The van der Waals surface area contributed by atoms with Gasteiger partial charge in [-0.05, 0) is 31.9 Å². The van der Waals surface area contributed by atoms with Crippen molar-refractivity contribution in [3.8, 4) is 0 Å². The molecule has 1 aromatic rings. The Labute approximate surface area is 162 Å². The summed E-state index contributed by atoms with van der Waals surface area (Å²) in [7, 11) is 0. The van der Waals surface area contributed by atoms with Gasteiger partial charge < -0.3 is 21.1 Å². The van der Waals surface area contributed by atoms with Crippen molar-refractivity contribution in [3.63, 3.8) is 0 Å². The fourth-order valence-corrected chi connectivity index (χ4v) is 1.75. The predicted octanol–water partition coefficient (Wildman–Crippen LogP) is 2.85. The summed E-state index contributed by atoms with van der Waals surface area (Å²) in [6.45, 7) is 5.07. The minimum absolute atomic E-state index is 0. The molecule has 4 N–H and O–H groups in total. The number of nitrogens with zero attached hydrogens (tertiary/aromatic N) is 2. The Morgan fingerprint density at radius 3 is 2.64 bits per heavy atom. The molecule has 0 radical (unpaired) electrons. The van der Waals surface area contributed by atoms with Crippen molar-refractivity contribution in [1.29, 1.82) is 0 Å². The number of aromatic nitrogens is 1. The van der Waals surface area contributed by atoms with E-state index in [2.05, 4.69) is 20.6 Å². The fraction of sp³-hybridized carbons (Fsp3) is 0.600. The highest BCUT2D eigenvalue weighted by molar-refractivity contribution is 14.0. The molecule has 0 amide bonds. The number of hydrogen-bond donors (Lipinski definition) is 3. The summed E-state index contributed by atoms with van der Waals surface area (Å²) in [6.07, 6.45) is -2.02. The van der Waals surface area contributed by atoms with Crippen molar-refractivity contribution in [1.82, 2.24) is 10.3 Å². The SMILES string of the molecule is CCOCCCNC(N)=NCCCNc1ccc(C(F)(F)F)cn1.I. The summed E-state index contributed by atoms with van der Waals surface area (Å²) in [6, 6.07) is 2.30. The second-order valence-electron chi connectivity index (χ2n) is 4.95. The topological polar surface area (TPSA) is 84.6 Å². The molecule has 0 aliphatic heterocycles. The molecule has 0 atom stereocenters. The van der Waals surface area contributed by atoms with E-state index in [-0.39, 0.29) is 24.0 Å². The van der Waals surface area contributed by atoms with E-state index in [4.69, 9.17) is 10.5 Å².